The predicted octanol–water partition coefficient (Wildman–Crippen LogP) is 3.07. The van der Waals surface area contributed by atoms with Crippen LogP contribution in [0.15, 0.2) is 18.2 Å². The van der Waals surface area contributed by atoms with Crippen LogP contribution in [0.3, 0.4) is 0 Å². The van der Waals surface area contributed by atoms with Crippen molar-refractivity contribution in [1.82, 2.24) is 15.2 Å². The summed E-state index contributed by atoms with van der Waals surface area (Å²) in [5, 5.41) is 4.43. The number of amides is 1. The largest absolute Gasteiger partial charge is 0.347 e. The number of carbonyl (C=O) groups excluding carboxylic acids is 1. The summed E-state index contributed by atoms with van der Waals surface area (Å²) in [7, 11) is 0. The Hall–Kier alpha value is -1.46. The zero-order chi connectivity index (χ0) is 16.0. The highest BCUT2D eigenvalue weighted by Crippen LogP contribution is 2.32. The lowest BCUT2D eigenvalue weighted by molar-refractivity contribution is 0.0217. The molecule has 0 saturated carbocycles. The number of fused-ring (bicyclic) bond motifs is 4. The molecular weight excluding hydrogens is 306 g/mol. The van der Waals surface area contributed by atoms with Gasteiger partial charge in [0.15, 0.2) is 0 Å². The summed E-state index contributed by atoms with van der Waals surface area (Å²) in [5.41, 5.74) is 1.68. The van der Waals surface area contributed by atoms with E-state index < -0.39 is 0 Å². The van der Waals surface area contributed by atoms with E-state index in [9.17, 15) is 4.79 Å². The van der Waals surface area contributed by atoms with Crippen molar-refractivity contribution in [3.63, 3.8) is 0 Å². The molecule has 23 heavy (non-hydrogen) atoms. The van der Waals surface area contributed by atoms with Crippen LogP contribution in [0.2, 0.25) is 0 Å². The fourth-order valence-electron chi connectivity index (χ4n) is 4.05. The van der Waals surface area contributed by atoms with Crippen LogP contribution in [0.25, 0.3) is 10.2 Å². The Labute approximate surface area is 140 Å². The van der Waals surface area contributed by atoms with Gasteiger partial charge in [-0.15, -0.1) is 11.3 Å². The predicted molar refractivity (Wildman–Crippen MR) is 94.0 cm³/mol. The molecule has 4 nitrogen and oxygen atoms in total. The number of piperidine rings is 3. The van der Waals surface area contributed by atoms with E-state index in [2.05, 4.69) is 29.0 Å². The van der Waals surface area contributed by atoms with E-state index >= 15 is 0 Å². The normalized spacial score (nSPS) is 29.8. The van der Waals surface area contributed by atoms with Crippen molar-refractivity contribution in [2.75, 3.05) is 13.1 Å². The summed E-state index contributed by atoms with van der Waals surface area (Å²) < 4.78 is 1.16. The van der Waals surface area contributed by atoms with Crippen LogP contribution in [-0.4, -0.2) is 41.0 Å². The molecule has 1 aromatic carbocycles. The number of nitrogens with zero attached hydrogens (tertiary/aromatic N) is 2. The van der Waals surface area contributed by atoms with Gasteiger partial charge in [-0.2, -0.15) is 0 Å². The molecule has 2 atom stereocenters. The first kappa shape index (κ1) is 15.1. The van der Waals surface area contributed by atoms with Gasteiger partial charge in [-0.05, 0) is 63.4 Å². The molecular formula is C18H23N3OS. The van der Waals surface area contributed by atoms with Crippen molar-refractivity contribution in [3.8, 4) is 0 Å². The van der Waals surface area contributed by atoms with E-state index in [1.807, 2.05) is 18.2 Å². The lowest BCUT2D eigenvalue weighted by Gasteiger charge is -2.49. The lowest BCUT2D eigenvalue weighted by atomic mass is 9.79. The van der Waals surface area contributed by atoms with Gasteiger partial charge in [0.25, 0.3) is 5.91 Å². The third-order valence-corrected chi connectivity index (χ3v) is 6.65. The number of aryl methyl sites for hydroxylation is 1. The number of hydrogen-bond donors (Lipinski definition) is 1. The molecule has 3 aliphatic heterocycles. The first-order valence-corrected chi connectivity index (χ1v) is 9.41. The van der Waals surface area contributed by atoms with E-state index in [-0.39, 0.29) is 11.9 Å². The summed E-state index contributed by atoms with van der Waals surface area (Å²) in [6.07, 6.45) is 3.36. The van der Waals surface area contributed by atoms with E-state index in [0.29, 0.717) is 12.0 Å². The van der Waals surface area contributed by atoms with Crippen LogP contribution in [0.1, 0.15) is 42.1 Å². The molecule has 3 saturated heterocycles. The van der Waals surface area contributed by atoms with Crippen molar-refractivity contribution in [3.05, 3.63) is 28.8 Å². The monoisotopic (exact) mass is 329 g/mol. The van der Waals surface area contributed by atoms with Crippen LogP contribution in [-0.2, 0) is 6.42 Å². The number of aromatic nitrogens is 1. The first-order chi connectivity index (χ1) is 11.2. The van der Waals surface area contributed by atoms with Gasteiger partial charge >= 0.3 is 0 Å². The smallest absolute Gasteiger partial charge is 0.251 e. The highest BCUT2D eigenvalue weighted by Gasteiger charge is 2.40. The van der Waals surface area contributed by atoms with Gasteiger partial charge < -0.3 is 5.32 Å². The molecule has 2 aromatic rings. The average molecular weight is 329 g/mol. The van der Waals surface area contributed by atoms with Crippen LogP contribution in [0.5, 0.6) is 0 Å². The molecule has 3 aliphatic rings. The molecule has 5 heteroatoms. The second-order valence-electron chi connectivity index (χ2n) is 6.76. The maximum atomic E-state index is 12.7. The van der Waals surface area contributed by atoms with Crippen molar-refractivity contribution in [2.24, 2.45) is 5.92 Å². The van der Waals surface area contributed by atoms with E-state index in [1.165, 1.54) is 25.9 Å². The second-order valence-corrected chi connectivity index (χ2v) is 7.87. The standard InChI is InChI=1S/C18H23N3OS/c1-3-16-19-14-10-13(4-5-15(14)23-16)18(22)20-17-11(2)21-8-6-12(17)7-9-21/h4-5,10-12,17H,3,6-9H2,1-2H3,(H,20,22). The fourth-order valence-corrected chi connectivity index (χ4v) is 4.93. The van der Waals surface area contributed by atoms with Gasteiger partial charge in [0.05, 0.1) is 15.2 Å². The highest BCUT2D eigenvalue weighted by atomic mass is 32.1. The maximum Gasteiger partial charge on any atom is 0.251 e. The Morgan fingerprint density at radius 1 is 1.39 bits per heavy atom. The zero-order valence-electron chi connectivity index (χ0n) is 13.7. The molecule has 0 spiro atoms. The Bertz CT molecular complexity index is 731. The summed E-state index contributed by atoms with van der Waals surface area (Å²) in [4.78, 5) is 19.8. The van der Waals surface area contributed by atoms with Crippen LogP contribution >= 0.6 is 11.3 Å². The summed E-state index contributed by atoms with van der Waals surface area (Å²) >= 11 is 1.71. The fraction of sp³-hybridized carbons (Fsp3) is 0.556. The third-order valence-electron chi connectivity index (χ3n) is 5.47. The zero-order valence-corrected chi connectivity index (χ0v) is 14.5. The van der Waals surface area contributed by atoms with Gasteiger partial charge in [0.1, 0.15) is 0 Å². The number of hydrogen-bond acceptors (Lipinski definition) is 4. The molecule has 122 valence electrons. The average Bonchev–Trinajstić information content (AvgIpc) is 3.00. The Morgan fingerprint density at radius 3 is 2.87 bits per heavy atom. The molecule has 1 amide bonds. The van der Waals surface area contributed by atoms with Crippen molar-refractivity contribution in [1.29, 1.82) is 0 Å². The highest BCUT2D eigenvalue weighted by molar-refractivity contribution is 7.18. The molecule has 4 heterocycles. The maximum absolute atomic E-state index is 12.7. The van der Waals surface area contributed by atoms with E-state index in [4.69, 9.17) is 0 Å². The number of carbonyl (C=O) groups is 1. The molecule has 2 bridgehead atoms. The lowest BCUT2D eigenvalue weighted by Crippen LogP contribution is -2.62. The minimum Gasteiger partial charge on any atom is -0.347 e. The number of benzene rings is 1. The van der Waals surface area contributed by atoms with Crippen LogP contribution < -0.4 is 5.32 Å². The van der Waals surface area contributed by atoms with Gasteiger partial charge in [0, 0.05) is 17.6 Å². The molecule has 2 unspecified atom stereocenters. The summed E-state index contributed by atoms with van der Waals surface area (Å²) in [6, 6.07) is 6.62. The van der Waals surface area contributed by atoms with Gasteiger partial charge in [-0.3, -0.25) is 9.69 Å². The minimum atomic E-state index is 0.0450. The Morgan fingerprint density at radius 2 is 2.17 bits per heavy atom. The van der Waals surface area contributed by atoms with E-state index in [0.717, 1.165) is 27.2 Å². The topological polar surface area (TPSA) is 45.2 Å². The van der Waals surface area contributed by atoms with Crippen LogP contribution in [0.4, 0.5) is 0 Å². The van der Waals surface area contributed by atoms with Crippen molar-refractivity contribution in [2.45, 2.75) is 45.2 Å². The Balaban J connectivity index is 1.54. The third kappa shape index (κ3) is 2.66. The number of thiazole rings is 1. The van der Waals surface area contributed by atoms with Gasteiger partial charge in [0.2, 0.25) is 0 Å². The number of nitrogens with one attached hydrogen (secondary N) is 1. The molecule has 0 aliphatic carbocycles. The molecule has 5 rings (SSSR count). The van der Waals surface area contributed by atoms with Crippen molar-refractivity contribution >= 4 is 27.5 Å². The minimum absolute atomic E-state index is 0.0450. The Kier molecular flexibility index (Phi) is 3.85. The SMILES string of the molecule is CCc1nc2cc(C(=O)NC3C4CCN(CC4)C3C)ccc2s1. The van der Waals surface area contributed by atoms with Crippen molar-refractivity contribution < 1.29 is 4.79 Å². The van der Waals surface area contributed by atoms with Gasteiger partial charge in [-0.1, -0.05) is 6.92 Å². The quantitative estimate of drug-likeness (QED) is 0.941. The molecule has 1 aromatic heterocycles. The summed E-state index contributed by atoms with van der Waals surface area (Å²) in [6.45, 7) is 6.72. The molecule has 0 radical (unpaired) electrons. The van der Waals surface area contributed by atoms with Gasteiger partial charge in [-0.25, -0.2) is 4.98 Å². The van der Waals surface area contributed by atoms with E-state index in [1.54, 1.807) is 11.3 Å². The second kappa shape index (κ2) is 5.87. The molecule has 3 fully saturated rings. The summed E-state index contributed by atoms with van der Waals surface area (Å²) in [5.74, 6) is 0.678. The number of rotatable bonds is 3. The first-order valence-electron chi connectivity index (χ1n) is 8.60. The molecule has 1 N–H and O–H groups in total. The van der Waals surface area contributed by atoms with Crippen LogP contribution in [0, 0.1) is 5.92 Å².